The molecule has 178 valence electrons. The van der Waals surface area contributed by atoms with Crippen molar-refractivity contribution >= 4 is 23.5 Å². The van der Waals surface area contributed by atoms with Crippen LogP contribution >= 0.6 is 0 Å². The van der Waals surface area contributed by atoms with E-state index in [0.29, 0.717) is 17.9 Å². The third-order valence-electron chi connectivity index (χ3n) is 5.68. The minimum absolute atomic E-state index is 0.109. The van der Waals surface area contributed by atoms with E-state index in [0.717, 1.165) is 27.9 Å². The van der Waals surface area contributed by atoms with Gasteiger partial charge in [-0.2, -0.15) is 0 Å². The van der Waals surface area contributed by atoms with Crippen molar-refractivity contribution in [1.29, 1.82) is 0 Å². The molecular formula is C28H29N5O2. The predicted molar refractivity (Wildman–Crippen MR) is 139 cm³/mol. The third-order valence-corrected chi connectivity index (χ3v) is 5.68. The van der Waals surface area contributed by atoms with Gasteiger partial charge in [-0.3, -0.25) is 14.9 Å². The largest absolute Gasteiger partial charge is 0.388 e. The maximum atomic E-state index is 13.4. The molecule has 0 aliphatic carbocycles. The number of anilines is 2. The van der Waals surface area contributed by atoms with E-state index in [-0.39, 0.29) is 18.2 Å². The van der Waals surface area contributed by atoms with Crippen LogP contribution < -0.4 is 16.0 Å². The molecule has 1 aromatic heterocycles. The van der Waals surface area contributed by atoms with E-state index in [1.165, 1.54) is 0 Å². The van der Waals surface area contributed by atoms with Crippen molar-refractivity contribution in [2.75, 3.05) is 17.7 Å². The summed E-state index contributed by atoms with van der Waals surface area (Å²) < 4.78 is 0. The average Bonchev–Trinajstić information content (AvgIpc) is 3.37. The number of carbonyl (C=O) groups is 2. The number of hydrogen-bond donors (Lipinski definition) is 4. The van der Waals surface area contributed by atoms with Crippen molar-refractivity contribution in [1.82, 2.24) is 15.3 Å². The van der Waals surface area contributed by atoms with Gasteiger partial charge in [0.1, 0.15) is 0 Å². The molecule has 4 aromatic rings. The molecule has 0 aliphatic heterocycles. The zero-order valence-electron chi connectivity index (χ0n) is 19.8. The summed E-state index contributed by atoms with van der Waals surface area (Å²) in [6.45, 7) is 2.04. The van der Waals surface area contributed by atoms with Crippen LogP contribution in [0.25, 0.3) is 11.1 Å². The summed E-state index contributed by atoms with van der Waals surface area (Å²) in [4.78, 5) is 32.9. The monoisotopic (exact) mass is 467 g/mol. The van der Waals surface area contributed by atoms with E-state index >= 15 is 0 Å². The number of imidazole rings is 1. The Balaban J connectivity index is 1.56. The minimum Gasteiger partial charge on any atom is -0.388 e. The number of aryl methyl sites for hydroxylation is 1. The van der Waals surface area contributed by atoms with E-state index in [1.54, 1.807) is 12.4 Å². The number of H-pyrrole nitrogens is 1. The number of carbonyl (C=O) groups excluding carboxylic acids is 2. The standard InChI is InChI=1S/C28H29N5O2/c1-19-7-6-10-21(13-19)22-15-23(17-24(16-22)29-2)27(35)32-25(14-20-8-4-3-5-9-20)18-26(34)33-28-30-11-12-31-28/h3-13,15-17,25,29H,14,18H2,1-2H3,(H,32,35)(H2,30,31,33,34)/t25-/m0/s1. The van der Waals surface area contributed by atoms with Crippen molar-refractivity contribution in [3.8, 4) is 11.1 Å². The van der Waals surface area contributed by atoms with Crippen LogP contribution in [0.4, 0.5) is 11.6 Å². The zero-order chi connectivity index (χ0) is 24.6. The summed E-state index contributed by atoms with van der Waals surface area (Å²) in [6.07, 6.45) is 3.84. The van der Waals surface area contributed by atoms with Crippen molar-refractivity contribution in [3.05, 3.63) is 102 Å². The molecular weight excluding hydrogens is 438 g/mol. The SMILES string of the molecule is CNc1cc(C(=O)N[C@H](CC(=O)Nc2ncc[nH]2)Cc2ccccc2)cc(-c2cccc(C)c2)c1. The topological polar surface area (TPSA) is 98.9 Å². The first kappa shape index (κ1) is 23.8. The summed E-state index contributed by atoms with van der Waals surface area (Å²) in [5, 5.41) is 8.96. The van der Waals surface area contributed by atoms with Crippen LogP contribution in [0.15, 0.2) is 85.2 Å². The van der Waals surface area contributed by atoms with Crippen LogP contribution in [0.2, 0.25) is 0 Å². The van der Waals surface area contributed by atoms with Crippen molar-refractivity contribution in [2.45, 2.75) is 25.8 Å². The normalized spacial score (nSPS) is 11.5. The lowest BCUT2D eigenvalue weighted by atomic mass is 9.99. The Morgan fingerprint density at radius 3 is 2.51 bits per heavy atom. The summed E-state index contributed by atoms with van der Waals surface area (Å²) in [5.74, 6) is -0.0855. The van der Waals surface area contributed by atoms with Crippen molar-refractivity contribution < 1.29 is 9.59 Å². The molecule has 0 saturated heterocycles. The number of aromatic nitrogens is 2. The molecule has 0 aliphatic rings. The van der Waals surface area contributed by atoms with Gasteiger partial charge < -0.3 is 15.6 Å². The molecule has 7 nitrogen and oxygen atoms in total. The Morgan fingerprint density at radius 2 is 1.80 bits per heavy atom. The Morgan fingerprint density at radius 1 is 0.971 bits per heavy atom. The van der Waals surface area contributed by atoms with Crippen molar-refractivity contribution in [2.24, 2.45) is 0 Å². The summed E-state index contributed by atoms with van der Waals surface area (Å²) in [7, 11) is 1.83. The Labute approximate surface area is 205 Å². The summed E-state index contributed by atoms with van der Waals surface area (Å²) in [5.41, 5.74) is 5.53. The predicted octanol–water partition coefficient (Wildman–Crippen LogP) is 4.80. The van der Waals surface area contributed by atoms with Crippen molar-refractivity contribution in [3.63, 3.8) is 0 Å². The molecule has 0 unspecified atom stereocenters. The molecule has 7 heteroatoms. The molecule has 1 heterocycles. The highest BCUT2D eigenvalue weighted by Gasteiger charge is 2.20. The van der Waals surface area contributed by atoms with E-state index in [2.05, 4.69) is 32.0 Å². The lowest BCUT2D eigenvalue weighted by Crippen LogP contribution is -2.39. The van der Waals surface area contributed by atoms with Gasteiger partial charge in [0, 0.05) is 43.2 Å². The molecule has 35 heavy (non-hydrogen) atoms. The van der Waals surface area contributed by atoms with Gasteiger partial charge in [-0.05, 0) is 48.2 Å². The van der Waals surface area contributed by atoms with Gasteiger partial charge in [0.15, 0.2) is 0 Å². The number of aromatic amines is 1. The third kappa shape index (κ3) is 6.57. The fourth-order valence-corrected chi connectivity index (χ4v) is 3.98. The molecule has 2 amide bonds. The molecule has 0 saturated carbocycles. The fraction of sp³-hybridized carbons (Fsp3) is 0.179. The van der Waals surface area contributed by atoms with Crippen LogP contribution in [0.1, 0.15) is 27.9 Å². The molecule has 4 rings (SSSR count). The van der Waals surface area contributed by atoms with Gasteiger partial charge in [-0.15, -0.1) is 0 Å². The highest BCUT2D eigenvalue weighted by atomic mass is 16.2. The quantitative estimate of drug-likeness (QED) is 0.284. The molecule has 0 fully saturated rings. The smallest absolute Gasteiger partial charge is 0.251 e. The first-order valence-electron chi connectivity index (χ1n) is 11.5. The molecule has 0 spiro atoms. The number of nitrogens with zero attached hydrogens (tertiary/aromatic N) is 1. The zero-order valence-corrected chi connectivity index (χ0v) is 19.8. The highest BCUT2D eigenvalue weighted by Crippen LogP contribution is 2.26. The Bertz CT molecular complexity index is 1290. The van der Waals surface area contributed by atoms with Crippen LogP contribution in [-0.4, -0.2) is 34.9 Å². The van der Waals surface area contributed by atoms with E-state index in [4.69, 9.17) is 0 Å². The van der Waals surface area contributed by atoms with Gasteiger partial charge in [0.2, 0.25) is 11.9 Å². The Hall–Kier alpha value is -4.39. The number of hydrogen-bond acceptors (Lipinski definition) is 4. The number of amides is 2. The highest BCUT2D eigenvalue weighted by molar-refractivity contribution is 5.97. The Kier molecular flexibility index (Phi) is 7.57. The minimum atomic E-state index is -0.402. The van der Waals surface area contributed by atoms with Gasteiger partial charge in [-0.1, -0.05) is 60.2 Å². The second kappa shape index (κ2) is 11.2. The van der Waals surface area contributed by atoms with Gasteiger partial charge in [-0.25, -0.2) is 4.98 Å². The molecule has 0 radical (unpaired) electrons. The lowest BCUT2D eigenvalue weighted by molar-refractivity contribution is -0.116. The van der Waals surface area contributed by atoms with E-state index in [9.17, 15) is 9.59 Å². The second-order valence-corrected chi connectivity index (χ2v) is 8.47. The second-order valence-electron chi connectivity index (χ2n) is 8.47. The first-order chi connectivity index (χ1) is 17.0. The molecule has 3 aromatic carbocycles. The maximum absolute atomic E-state index is 13.4. The van der Waals surface area contributed by atoms with Crippen LogP contribution in [0.5, 0.6) is 0 Å². The van der Waals surface area contributed by atoms with Gasteiger partial charge >= 0.3 is 0 Å². The summed E-state index contributed by atoms with van der Waals surface area (Å²) >= 11 is 0. The molecule has 0 bridgehead atoms. The van der Waals surface area contributed by atoms with Crippen LogP contribution in [-0.2, 0) is 11.2 Å². The average molecular weight is 468 g/mol. The van der Waals surface area contributed by atoms with Gasteiger partial charge in [0.25, 0.3) is 5.91 Å². The van der Waals surface area contributed by atoms with Gasteiger partial charge in [0.05, 0.1) is 0 Å². The van der Waals surface area contributed by atoms with E-state index < -0.39 is 6.04 Å². The number of nitrogens with one attached hydrogen (secondary N) is 4. The van der Waals surface area contributed by atoms with Crippen LogP contribution in [0.3, 0.4) is 0 Å². The summed E-state index contributed by atoms with van der Waals surface area (Å²) in [6, 6.07) is 23.3. The van der Waals surface area contributed by atoms with E-state index in [1.807, 2.05) is 80.7 Å². The number of benzene rings is 3. The maximum Gasteiger partial charge on any atom is 0.251 e. The molecule has 1 atom stereocenters. The van der Waals surface area contributed by atoms with Crippen LogP contribution in [0, 0.1) is 6.92 Å². The number of rotatable bonds is 9. The molecule has 4 N–H and O–H groups in total. The first-order valence-corrected chi connectivity index (χ1v) is 11.5. The lowest BCUT2D eigenvalue weighted by Gasteiger charge is -2.19. The fourth-order valence-electron chi connectivity index (χ4n) is 3.98.